The molecule has 2 aromatic carbocycles. The third-order valence-corrected chi connectivity index (χ3v) is 4.24. The van der Waals surface area contributed by atoms with Gasteiger partial charge in [-0.2, -0.15) is 10.4 Å². The molecule has 118 valence electrons. The monoisotopic (exact) mass is 427 g/mol. The van der Waals surface area contributed by atoms with Gasteiger partial charge in [0.15, 0.2) is 5.82 Å². The lowest BCUT2D eigenvalue weighted by Crippen LogP contribution is -1.96. The molecule has 3 aromatic rings. The molecule has 0 aliphatic carbocycles. The number of alkyl halides is 1. The van der Waals surface area contributed by atoms with Crippen molar-refractivity contribution in [2.45, 2.75) is 4.43 Å². The summed E-state index contributed by atoms with van der Waals surface area (Å²) >= 11 is 2.31. The molecule has 0 atom stereocenters. The van der Waals surface area contributed by atoms with E-state index in [-0.39, 0.29) is 0 Å². The highest BCUT2D eigenvalue weighted by molar-refractivity contribution is 14.1. The SMILES string of the molecule is N#Cc1c(N=Cc2ccccc2)n[nH]c1Nc1ccccc1CI. The molecule has 0 radical (unpaired) electrons. The Labute approximate surface area is 153 Å². The largest absolute Gasteiger partial charge is 0.339 e. The van der Waals surface area contributed by atoms with Crippen LogP contribution in [-0.2, 0) is 4.43 Å². The third kappa shape index (κ3) is 3.63. The van der Waals surface area contributed by atoms with Gasteiger partial charge in [0.05, 0.1) is 0 Å². The predicted octanol–water partition coefficient (Wildman–Crippen LogP) is 4.71. The molecule has 0 bridgehead atoms. The standard InChI is InChI=1S/C18H14IN5/c19-10-14-8-4-5-9-16(14)22-18-15(11-20)17(23-24-18)21-12-13-6-2-1-3-7-13/h1-9,12H,10H2,(H2,22,23,24). The van der Waals surface area contributed by atoms with Gasteiger partial charge in [-0.3, -0.25) is 5.10 Å². The fourth-order valence-corrected chi connectivity index (χ4v) is 2.86. The third-order valence-electron chi connectivity index (χ3n) is 3.42. The van der Waals surface area contributed by atoms with Gasteiger partial charge in [0, 0.05) is 16.3 Å². The fraction of sp³-hybridized carbons (Fsp3) is 0.0556. The zero-order chi connectivity index (χ0) is 16.8. The molecular weight excluding hydrogens is 413 g/mol. The molecular formula is C18H14IN5. The van der Waals surface area contributed by atoms with E-state index in [9.17, 15) is 5.26 Å². The minimum absolute atomic E-state index is 0.371. The number of hydrogen-bond acceptors (Lipinski definition) is 4. The molecule has 3 rings (SSSR count). The van der Waals surface area contributed by atoms with Crippen LogP contribution in [0.3, 0.4) is 0 Å². The second-order valence-electron chi connectivity index (χ2n) is 4.99. The number of nitriles is 1. The fourth-order valence-electron chi connectivity index (χ4n) is 2.19. The van der Waals surface area contributed by atoms with Crippen molar-refractivity contribution in [1.82, 2.24) is 10.2 Å². The van der Waals surface area contributed by atoms with Crippen LogP contribution in [0.1, 0.15) is 16.7 Å². The van der Waals surface area contributed by atoms with Crippen molar-refractivity contribution in [2.24, 2.45) is 4.99 Å². The summed E-state index contributed by atoms with van der Waals surface area (Å²) in [7, 11) is 0. The number of hydrogen-bond donors (Lipinski definition) is 2. The molecule has 1 aromatic heterocycles. The molecule has 0 fully saturated rings. The Hall–Kier alpha value is -2.66. The summed E-state index contributed by atoms with van der Waals surface area (Å²) in [5.74, 6) is 0.922. The summed E-state index contributed by atoms with van der Waals surface area (Å²) in [5.41, 5.74) is 3.45. The Morgan fingerprint density at radius 3 is 2.67 bits per heavy atom. The van der Waals surface area contributed by atoms with Gasteiger partial charge in [0.2, 0.25) is 0 Å². The lowest BCUT2D eigenvalue weighted by atomic mass is 10.2. The zero-order valence-electron chi connectivity index (χ0n) is 12.7. The van der Waals surface area contributed by atoms with E-state index in [0.717, 1.165) is 21.2 Å². The molecule has 6 heteroatoms. The van der Waals surface area contributed by atoms with E-state index >= 15 is 0 Å². The van der Waals surface area contributed by atoms with Crippen LogP contribution in [0.2, 0.25) is 0 Å². The smallest absolute Gasteiger partial charge is 0.193 e. The first-order valence-electron chi connectivity index (χ1n) is 7.30. The van der Waals surface area contributed by atoms with E-state index in [1.54, 1.807) is 6.21 Å². The summed E-state index contributed by atoms with van der Waals surface area (Å²) in [6, 6.07) is 19.8. The van der Waals surface area contributed by atoms with Crippen molar-refractivity contribution in [1.29, 1.82) is 5.26 Å². The highest BCUT2D eigenvalue weighted by atomic mass is 127. The van der Waals surface area contributed by atoms with Crippen molar-refractivity contribution in [3.05, 3.63) is 71.3 Å². The molecule has 24 heavy (non-hydrogen) atoms. The van der Waals surface area contributed by atoms with E-state index in [4.69, 9.17) is 0 Å². The van der Waals surface area contributed by atoms with Crippen LogP contribution in [-0.4, -0.2) is 16.4 Å². The number of benzene rings is 2. The average molecular weight is 427 g/mol. The number of halogens is 1. The van der Waals surface area contributed by atoms with Crippen LogP contribution >= 0.6 is 22.6 Å². The number of anilines is 2. The lowest BCUT2D eigenvalue weighted by Gasteiger charge is -2.08. The second-order valence-corrected chi connectivity index (χ2v) is 5.76. The maximum Gasteiger partial charge on any atom is 0.193 e. The van der Waals surface area contributed by atoms with Crippen molar-refractivity contribution in [2.75, 3.05) is 5.32 Å². The van der Waals surface area contributed by atoms with Crippen molar-refractivity contribution in [3.63, 3.8) is 0 Å². The highest BCUT2D eigenvalue weighted by Gasteiger charge is 2.13. The van der Waals surface area contributed by atoms with Crippen LogP contribution in [0, 0.1) is 11.3 Å². The highest BCUT2D eigenvalue weighted by Crippen LogP contribution is 2.28. The molecule has 0 unspecified atom stereocenters. The minimum atomic E-state index is 0.371. The number of para-hydroxylation sites is 1. The van der Waals surface area contributed by atoms with Crippen LogP contribution < -0.4 is 5.32 Å². The first kappa shape index (κ1) is 16.2. The summed E-state index contributed by atoms with van der Waals surface area (Å²) in [4.78, 5) is 4.32. The summed E-state index contributed by atoms with van der Waals surface area (Å²) in [6.45, 7) is 0. The Kier molecular flexibility index (Phi) is 5.23. The Balaban J connectivity index is 1.87. The van der Waals surface area contributed by atoms with Gasteiger partial charge in [0.1, 0.15) is 17.5 Å². The van der Waals surface area contributed by atoms with Gasteiger partial charge in [-0.25, -0.2) is 4.99 Å². The molecule has 0 saturated heterocycles. The van der Waals surface area contributed by atoms with Gasteiger partial charge in [-0.05, 0) is 17.2 Å². The number of H-pyrrole nitrogens is 1. The van der Waals surface area contributed by atoms with Crippen LogP contribution in [0.15, 0.2) is 59.6 Å². The van der Waals surface area contributed by atoms with Gasteiger partial charge < -0.3 is 5.32 Å². The molecule has 1 heterocycles. The number of aromatic amines is 1. The summed E-state index contributed by atoms with van der Waals surface area (Å²) < 4.78 is 0.871. The number of aromatic nitrogens is 2. The molecule has 0 aliphatic heterocycles. The zero-order valence-corrected chi connectivity index (χ0v) is 14.9. The maximum atomic E-state index is 9.46. The lowest BCUT2D eigenvalue weighted by molar-refractivity contribution is 1.08. The first-order chi connectivity index (χ1) is 11.8. The van der Waals surface area contributed by atoms with Gasteiger partial charge in [-0.1, -0.05) is 71.1 Å². The van der Waals surface area contributed by atoms with E-state index in [2.05, 4.69) is 49.2 Å². The summed E-state index contributed by atoms with van der Waals surface area (Å²) in [6.07, 6.45) is 1.69. The maximum absolute atomic E-state index is 9.46. The van der Waals surface area contributed by atoms with Crippen LogP contribution in [0.5, 0.6) is 0 Å². The first-order valence-corrected chi connectivity index (χ1v) is 8.83. The topological polar surface area (TPSA) is 76.9 Å². The van der Waals surface area contributed by atoms with E-state index in [0.29, 0.717) is 17.2 Å². The molecule has 0 saturated carbocycles. The second kappa shape index (κ2) is 7.75. The minimum Gasteiger partial charge on any atom is -0.339 e. The normalized spacial score (nSPS) is 10.7. The van der Waals surface area contributed by atoms with Crippen LogP contribution in [0.25, 0.3) is 0 Å². The van der Waals surface area contributed by atoms with Gasteiger partial charge in [0.25, 0.3) is 0 Å². The Morgan fingerprint density at radius 1 is 1.17 bits per heavy atom. The van der Waals surface area contributed by atoms with Gasteiger partial charge >= 0.3 is 0 Å². The van der Waals surface area contributed by atoms with E-state index in [1.807, 2.05) is 54.6 Å². The number of aliphatic imine (C=N–C) groups is 1. The molecule has 0 amide bonds. The van der Waals surface area contributed by atoms with Crippen LogP contribution in [0.4, 0.5) is 17.3 Å². The molecule has 5 nitrogen and oxygen atoms in total. The van der Waals surface area contributed by atoms with Crippen molar-refractivity contribution in [3.8, 4) is 6.07 Å². The van der Waals surface area contributed by atoms with E-state index in [1.165, 1.54) is 0 Å². The number of nitrogens with one attached hydrogen (secondary N) is 2. The van der Waals surface area contributed by atoms with E-state index < -0.39 is 0 Å². The Morgan fingerprint density at radius 2 is 1.92 bits per heavy atom. The number of rotatable bonds is 5. The number of nitrogens with zero attached hydrogens (tertiary/aromatic N) is 3. The van der Waals surface area contributed by atoms with Crippen molar-refractivity contribution >= 4 is 46.1 Å². The molecule has 2 N–H and O–H groups in total. The predicted molar refractivity (Wildman–Crippen MR) is 104 cm³/mol. The summed E-state index contributed by atoms with van der Waals surface area (Å²) in [5, 5.41) is 19.7. The average Bonchev–Trinajstić information content (AvgIpc) is 3.03. The molecule has 0 spiro atoms. The quantitative estimate of drug-likeness (QED) is 0.352. The van der Waals surface area contributed by atoms with Crippen molar-refractivity contribution < 1.29 is 0 Å². The van der Waals surface area contributed by atoms with Gasteiger partial charge in [-0.15, -0.1) is 0 Å². The molecule has 0 aliphatic rings. The Bertz CT molecular complexity index is 893.